The lowest BCUT2D eigenvalue weighted by molar-refractivity contribution is -0.139. The maximum absolute atomic E-state index is 12.9. The molecule has 0 saturated heterocycles. The number of ether oxygens (including phenoxy) is 2. The van der Waals surface area contributed by atoms with Crippen molar-refractivity contribution in [1.29, 1.82) is 0 Å². The van der Waals surface area contributed by atoms with E-state index in [0.717, 1.165) is 42.6 Å². The number of benzene rings is 1. The first-order chi connectivity index (χ1) is 13.1. The van der Waals surface area contributed by atoms with Gasteiger partial charge in [-0.05, 0) is 43.9 Å². The van der Waals surface area contributed by atoms with Crippen LogP contribution in [0, 0.1) is 0 Å². The number of carbonyl (C=O) groups excluding carboxylic acids is 2. The molecule has 0 radical (unpaired) electrons. The smallest absolute Gasteiger partial charge is 0.336 e. The van der Waals surface area contributed by atoms with Crippen molar-refractivity contribution in [2.24, 2.45) is 0 Å². The molecule has 0 fully saturated rings. The van der Waals surface area contributed by atoms with Gasteiger partial charge in [0, 0.05) is 29.3 Å². The number of hydrogen-bond acceptors (Lipinski definition) is 5. The number of esters is 1. The van der Waals surface area contributed by atoms with Crippen LogP contribution in [0.3, 0.4) is 0 Å². The molecule has 27 heavy (non-hydrogen) atoms. The Morgan fingerprint density at radius 3 is 2.85 bits per heavy atom. The molecule has 5 nitrogen and oxygen atoms in total. The fraction of sp³-hybridized carbons (Fsp3) is 0.455. The number of dihydropyridines is 1. The van der Waals surface area contributed by atoms with Gasteiger partial charge in [0.25, 0.3) is 0 Å². The summed E-state index contributed by atoms with van der Waals surface area (Å²) in [6.07, 6.45) is 3.94. The van der Waals surface area contributed by atoms with E-state index in [1.54, 1.807) is 7.11 Å². The predicted octanol–water partition coefficient (Wildman–Crippen LogP) is 4.01. The molecular formula is C22H27NO4. The van der Waals surface area contributed by atoms with Crippen LogP contribution in [0.4, 0.5) is 0 Å². The van der Waals surface area contributed by atoms with Crippen LogP contribution in [0.2, 0.25) is 0 Å². The molecule has 1 heterocycles. The van der Waals surface area contributed by atoms with E-state index >= 15 is 0 Å². The van der Waals surface area contributed by atoms with Gasteiger partial charge in [-0.1, -0.05) is 25.5 Å². The fourth-order valence-electron chi connectivity index (χ4n) is 3.80. The van der Waals surface area contributed by atoms with Crippen molar-refractivity contribution in [3.05, 3.63) is 52.4 Å². The molecule has 144 valence electrons. The topological polar surface area (TPSA) is 64.6 Å². The number of ketones is 1. The molecule has 1 aromatic rings. The third-order valence-electron chi connectivity index (χ3n) is 5.15. The molecule has 5 heteroatoms. The van der Waals surface area contributed by atoms with Gasteiger partial charge in [0.05, 0.1) is 19.3 Å². The number of methoxy groups -OCH3 is 1. The van der Waals surface area contributed by atoms with Crippen molar-refractivity contribution in [3.63, 3.8) is 0 Å². The number of allylic oxidation sites excluding steroid dienone is 3. The summed E-state index contributed by atoms with van der Waals surface area (Å²) in [5.41, 5.74) is 3.79. The minimum Gasteiger partial charge on any atom is -0.497 e. The van der Waals surface area contributed by atoms with Gasteiger partial charge in [0.2, 0.25) is 0 Å². The molecule has 1 N–H and O–H groups in total. The number of unbranched alkanes of at least 4 members (excludes halogenated alkanes) is 1. The van der Waals surface area contributed by atoms with Crippen LogP contribution in [0.15, 0.2) is 46.8 Å². The normalized spacial score (nSPS) is 19.5. The molecule has 0 aromatic heterocycles. The van der Waals surface area contributed by atoms with E-state index in [1.807, 2.05) is 31.2 Å². The van der Waals surface area contributed by atoms with Crippen molar-refractivity contribution in [3.8, 4) is 5.75 Å². The lowest BCUT2D eigenvalue weighted by Gasteiger charge is -2.34. The highest BCUT2D eigenvalue weighted by atomic mass is 16.5. The molecule has 2 aliphatic rings. The first-order valence-electron chi connectivity index (χ1n) is 9.62. The van der Waals surface area contributed by atoms with Gasteiger partial charge in [-0.15, -0.1) is 0 Å². The van der Waals surface area contributed by atoms with Gasteiger partial charge in [0.1, 0.15) is 5.75 Å². The fourth-order valence-corrected chi connectivity index (χ4v) is 3.80. The molecule has 1 aliphatic heterocycles. The minimum absolute atomic E-state index is 0.0999. The van der Waals surface area contributed by atoms with E-state index in [0.29, 0.717) is 29.9 Å². The zero-order chi connectivity index (χ0) is 19.4. The van der Waals surface area contributed by atoms with Crippen LogP contribution in [-0.4, -0.2) is 25.5 Å². The molecule has 1 aromatic carbocycles. The van der Waals surface area contributed by atoms with Crippen LogP contribution in [0.25, 0.3) is 0 Å². The Morgan fingerprint density at radius 1 is 1.30 bits per heavy atom. The SMILES string of the molecule is CCCCOC(=O)C1=C(C)NC2=C(C(=O)CCC2)[C@H]1c1cccc(OC)c1. The number of nitrogens with one attached hydrogen (secondary N) is 1. The molecule has 1 atom stereocenters. The lowest BCUT2D eigenvalue weighted by Crippen LogP contribution is -2.34. The summed E-state index contributed by atoms with van der Waals surface area (Å²) < 4.78 is 10.9. The first kappa shape index (κ1) is 19.2. The van der Waals surface area contributed by atoms with E-state index in [1.165, 1.54) is 0 Å². The van der Waals surface area contributed by atoms with E-state index in [4.69, 9.17) is 9.47 Å². The van der Waals surface area contributed by atoms with Crippen LogP contribution < -0.4 is 10.1 Å². The quantitative estimate of drug-likeness (QED) is 0.606. The number of carbonyl (C=O) groups is 2. The molecule has 1 aliphatic carbocycles. The van der Waals surface area contributed by atoms with Crippen molar-refractivity contribution < 1.29 is 19.1 Å². The molecule has 3 rings (SSSR count). The van der Waals surface area contributed by atoms with E-state index in [-0.39, 0.29) is 11.8 Å². The summed E-state index contributed by atoms with van der Waals surface area (Å²) >= 11 is 0. The van der Waals surface area contributed by atoms with Crippen LogP contribution in [-0.2, 0) is 14.3 Å². The van der Waals surface area contributed by atoms with Gasteiger partial charge in [-0.3, -0.25) is 4.79 Å². The van der Waals surface area contributed by atoms with E-state index in [9.17, 15) is 9.59 Å². The Labute approximate surface area is 160 Å². The molecule has 0 spiro atoms. The van der Waals surface area contributed by atoms with E-state index < -0.39 is 5.92 Å². The average Bonchev–Trinajstić information content (AvgIpc) is 2.67. The van der Waals surface area contributed by atoms with Gasteiger partial charge in [-0.25, -0.2) is 4.79 Å². The molecule has 0 unspecified atom stereocenters. The maximum Gasteiger partial charge on any atom is 0.336 e. The Bertz CT molecular complexity index is 806. The highest BCUT2D eigenvalue weighted by Gasteiger charge is 2.39. The Kier molecular flexibility index (Phi) is 5.99. The molecule has 0 saturated carbocycles. The number of hydrogen-bond donors (Lipinski definition) is 1. The third kappa shape index (κ3) is 3.92. The van der Waals surface area contributed by atoms with Gasteiger partial charge in [0.15, 0.2) is 5.78 Å². The second-order valence-corrected chi connectivity index (χ2v) is 7.03. The maximum atomic E-state index is 12.9. The van der Waals surface area contributed by atoms with Crippen molar-refractivity contribution in [1.82, 2.24) is 5.32 Å². The van der Waals surface area contributed by atoms with Crippen LogP contribution in [0.5, 0.6) is 5.75 Å². The standard InChI is InChI=1S/C22H27NO4/c1-4-5-12-27-22(25)19-14(2)23-17-10-7-11-18(24)21(17)20(19)15-8-6-9-16(13-15)26-3/h6,8-9,13,20,23H,4-5,7,10-12H2,1-3H3/t20-/m0/s1. The summed E-state index contributed by atoms with van der Waals surface area (Å²) in [5, 5.41) is 3.30. The zero-order valence-corrected chi connectivity index (χ0v) is 16.3. The van der Waals surface area contributed by atoms with Gasteiger partial charge < -0.3 is 14.8 Å². The summed E-state index contributed by atoms with van der Waals surface area (Å²) in [5.74, 6) is 0.0280. The summed E-state index contributed by atoms with van der Waals surface area (Å²) in [4.78, 5) is 25.7. The average molecular weight is 369 g/mol. The van der Waals surface area contributed by atoms with Crippen molar-refractivity contribution in [2.45, 2.75) is 51.9 Å². The zero-order valence-electron chi connectivity index (χ0n) is 16.3. The Morgan fingerprint density at radius 2 is 2.11 bits per heavy atom. The largest absolute Gasteiger partial charge is 0.497 e. The highest BCUT2D eigenvalue weighted by molar-refractivity contribution is 6.03. The minimum atomic E-state index is -0.418. The summed E-state index contributed by atoms with van der Waals surface area (Å²) in [7, 11) is 1.61. The summed E-state index contributed by atoms with van der Waals surface area (Å²) in [6.45, 7) is 4.32. The number of rotatable bonds is 6. The second kappa shape index (κ2) is 8.42. The molecule has 0 amide bonds. The van der Waals surface area contributed by atoms with Gasteiger partial charge >= 0.3 is 5.97 Å². The Hall–Kier alpha value is -2.56. The van der Waals surface area contributed by atoms with Crippen molar-refractivity contribution in [2.75, 3.05) is 13.7 Å². The monoisotopic (exact) mass is 369 g/mol. The molecule has 0 bridgehead atoms. The van der Waals surface area contributed by atoms with E-state index in [2.05, 4.69) is 12.2 Å². The number of Topliss-reactive ketones (excluding diaryl/α,β-unsaturated/α-hetero) is 1. The van der Waals surface area contributed by atoms with Crippen LogP contribution >= 0.6 is 0 Å². The van der Waals surface area contributed by atoms with Crippen molar-refractivity contribution >= 4 is 11.8 Å². The third-order valence-corrected chi connectivity index (χ3v) is 5.15. The van der Waals surface area contributed by atoms with Crippen LogP contribution in [0.1, 0.15) is 57.4 Å². The predicted molar refractivity (Wildman–Crippen MR) is 103 cm³/mol. The molecular weight excluding hydrogens is 342 g/mol. The summed E-state index contributed by atoms with van der Waals surface area (Å²) in [6, 6.07) is 7.59. The van der Waals surface area contributed by atoms with Gasteiger partial charge in [-0.2, -0.15) is 0 Å². The highest BCUT2D eigenvalue weighted by Crippen LogP contribution is 2.43. The second-order valence-electron chi connectivity index (χ2n) is 7.03. The lowest BCUT2D eigenvalue weighted by atomic mass is 9.75. The Balaban J connectivity index is 2.06. The first-order valence-corrected chi connectivity index (χ1v) is 9.62.